The highest BCUT2D eigenvalue weighted by Gasteiger charge is 2.41. The van der Waals surface area contributed by atoms with E-state index in [4.69, 9.17) is 9.47 Å². The molecule has 3 rings (SSSR count). The number of nitrogens with one attached hydrogen (secondary N) is 1. The van der Waals surface area contributed by atoms with Crippen LogP contribution in [0.4, 0.5) is 0 Å². The van der Waals surface area contributed by atoms with Crippen molar-refractivity contribution in [2.24, 2.45) is 5.41 Å². The molecule has 2 aliphatic rings. The molecule has 1 unspecified atom stereocenters. The zero-order chi connectivity index (χ0) is 16.4. The van der Waals surface area contributed by atoms with Gasteiger partial charge in [-0.2, -0.15) is 5.10 Å². The van der Waals surface area contributed by atoms with Crippen LogP contribution in [0.25, 0.3) is 0 Å². The molecule has 0 bridgehead atoms. The summed E-state index contributed by atoms with van der Waals surface area (Å²) in [5.41, 5.74) is 0.591. The van der Waals surface area contributed by atoms with Crippen molar-refractivity contribution in [1.29, 1.82) is 0 Å². The Bertz CT molecular complexity index is 604. The molecule has 2 fully saturated rings. The average molecular weight is 360 g/mol. The van der Waals surface area contributed by atoms with Gasteiger partial charge in [-0.05, 0) is 12.8 Å². The minimum Gasteiger partial charge on any atom is -0.464 e. The zero-order valence-electron chi connectivity index (χ0n) is 13.7. The van der Waals surface area contributed by atoms with Crippen LogP contribution in [-0.4, -0.2) is 61.7 Å². The van der Waals surface area contributed by atoms with Crippen molar-refractivity contribution >= 4 is 24.3 Å². The fourth-order valence-electron chi connectivity index (χ4n) is 3.04. The van der Waals surface area contributed by atoms with Crippen LogP contribution in [0.1, 0.15) is 33.8 Å². The van der Waals surface area contributed by atoms with Crippen LogP contribution in [-0.2, 0) is 20.8 Å². The van der Waals surface area contributed by atoms with Crippen LogP contribution in [0.15, 0.2) is 6.07 Å². The molecule has 0 amide bonds. The zero-order valence-corrected chi connectivity index (χ0v) is 14.6. The van der Waals surface area contributed by atoms with Crippen LogP contribution in [0.3, 0.4) is 0 Å². The van der Waals surface area contributed by atoms with E-state index in [0.29, 0.717) is 13.2 Å². The summed E-state index contributed by atoms with van der Waals surface area (Å²) in [5, 5.41) is 7.44. The highest BCUT2D eigenvalue weighted by Crippen LogP contribution is 2.34. The molecule has 8 nitrogen and oxygen atoms in total. The maximum Gasteiger partial charge on any atom is 0.358 e. The fraction of sp³-hybridized carbons (Fsp3) is 0.667. The number of rotatable bonds is 4. The van der Waals surface area contributed by atoms with E-state index in [0.717, 1.165) is 25.9 Å². The van der Waals surface area contributed by atoms with Crippen molar-refractivity contribution in [2.45, 2.75) is 25.5 Å². The van der Waals surface area contributed by atoms with Crippen molar-refractivity contribution in [3.05, 3.63) is 17.5 Å². The number of esters is 2. The first kappa shape index (κ1) is 18.7. The van der Waals surface area contributed by atoms with Gasteiger partial charge in [0.15, 0.2) is 5.69 Å². The molecule has 1 N–H and O–H groups in total. The number of ether oxygens (including phenoxy) is 3. The SMILES string of the molecule is COC(=O)c1cc(C(=O)OC)n(CC2CCC3(CNC3)CO2)n1.Cl. The summed E-state index contributed by atoms with van der Waals surface area (Å²) >= 11 is 0. The normalized spacial score (nSPS) is 21.5. The van der Waals surface area contributed by atoms with Gasteiger partial charge >= 0.3 is 11.9 Å². The van der Waals surface area contributed by atoms with Gasteiger partial charge in [-0.3, -0.25) is 4.68 Å². The van der Waals surface area contributed by atoms with Crippen LogP contribution in [0.2, 0.25) is 0 Å². The first-order chi connectivity index (χ1) is 11.1. The van der Waals surface area contributed by atoms with E-state index in [1.807, 2.05) is 0 Å². The Morgan fingerprint density at radius 3 is 2.58 bits per heavy atom. The second-order valence-corrected chi connectivity index (χ2v) is 6.16. The summed E-state index contributed by atoms with van der Waals surface area (Å²) in [6, 6.07) is 1.39. The summed E-state index contributed by atoms with van der Waals surface area (Å²) in [6.45, 7) is 3.12. The molecule has 2 saturated heterocycles. The molecule has 24 heavy (non-hydrogen) atoms. The standard InChI is InChI=1S/C15H21N3O5.ClH/c1-21-13(19)11-5-12(14(20)22-2)18(17-11)6-10-3-4-15(9-23-10)7-16-8-15;/h5,10,16H,3-4,6-9H2,1-2H3;1H. The number of aromatic nitrogens is 2. The topological polar surface area (TPSA) is 91.7 Å². The molecule has 134 valence electrons. The van der Waals surface area contributed by atoms with E-state index in [1.54, 1.807) is 0 Å². The third kappa shape index (κ3) is 3.55. The molecule has 0 aliphatic carbocycles. The highest BCUT2D eigenvalue weighted by molar-refractivity contribution is 5.93. The van der Waals surface area contributed by atoms with E-state index < -0.39 is 11.9 Å². The predicted molar refractivity (Wildman–Crippen MR) is 86.4 cm³/mol. The highest BCUT2D eigenvalue weighted by atomic mass is 35.5. The van der Waals surface area contributed by atoms with E-state index in [-0.39, 0.29) is 35.3 Å². The molecule has 0 saturated carbocycles. The molecule has 0 aromatic carbocycles. The Hall–Kier alpha value is -1.64. The van der Waals surface area contributed by atoms with Crippen LogP contribution < -0.4 is 5.32 Å². The molecule has 1 atom stereocenters. The Kier molecular flexibility index (Phi) is 5.84. The molecule has 0 radical (unpaired) electrons. The Morgan fingerprint density at radius 1 is 1.38 bits per heavy atom. The maximum atomic E-state index is 11.9. The lowest BCUT2D eigenvalue weighted by molar-refractivity contribution is -0.0897. The van der Waals surface area contributed by atoms with E-state index in [2.05, 4.69) is 15.2 Å². The third-order valence-electron chi connectivity index (χ3n) is 4.57. The molecular weight excluding hydrogens is 338 g/mol. The van der Waals surface area contributed by atoms with Gasteiger partial charge in [0, 0.05) is 24.6 Å². The minimum absolute atomic E-state index is 0. The first-order valence-corrected chi connectivity index (χ1v) is 7.64. The van der Waals surface area contributed by atoms with E-state index in [9.17, 15) is 9.59 Å². The van der Waals surface area contributed by atoms with Crippen LogP contribution in [0.5, 0.6) is 0 Å². The molecule has 1 spiro atoms. The Morgan fingerprint density at radius 2 is 2.08 bits per heavy atom. The first-order valence-electron chi connectivity index (χ1n) is 7.64. The lowest BCUT2D eigenvalue weighted by Crippen LogP contribution is -2.58. The van der Waals surface area contributed by atoms with Crippen molar-refractivity contribution in [1.82, 2.24) is 15.1 Å². The van der Waals surface area contributed by atoms with Crippen molar-refractivity contribution in [3.63, 3.8) is 0 Å². The summed E-state index contributed by atoms with van der Waals surface area (Å²) in [6.07, 6.45) is 1.95. The van der Waals surface area contributed by atoms with Crippen molar-refractivity contribution in [3.8, 4) is 0 Å². The second kappa shape index (κ2) is 7.50. The molecule has 1 aromatic heterocycles. The number of hydrogen-bond donors (Lipinski definition) is 1. The number of methoxy groups -OCH3 is 2. The van der Waals surface area contributed by atoms with E-state index >= 15 is 0 Å². The summed E-state index contributed by atoms with van der Waals surface area (Å²) in [5.74, 6) is -1.12. The van der Waals surface area contributed by atoms with Gasteiger partial charge in [-0.25, -0.2) is 9.59 Å². The summed E-state index contributed by atoms with van der Waals surface area (Å²) < 4.78 is 16.8. The molecule has 1 aromatic rings. The maximum absolute atomic E-state index is 11.9. The van der Waals surface area contributed by atoms with E-state index in [1.165, 1.54) is 25.0 Å². The Labute approximate surface area is 146 Å². The number of carbonyl (C=O) groups is 2. The average Bonchev–Trinajstić information content (AvgIpc) is 2.96. The second-order valence-electron chi connectivity index (χ2n) is 6.16. The lowest BCUT2D eigenvalue weighted by atomic mass is 9.76. The van der Waals surface area contributed by atoms with Crippen molar-refractivity contribution < 1.29 is 23.8 Å². The van der Waals surface area contributed by atoms with Gasteiger partial charge in [0.1, 0.15) is 5.69 Å². The van der Waals surface area contributed by atoms with Gasteiger partial charge < -0.3 is 19.5 Å². The number of nitrogens with zero attached hydrogens (tertiary/aromatic N) is 2. The van der Waals surface area contributed by atoms with Gasteiger partial charge in [0.25, 0.3) is 0 Å². The lowest BCUT2D eigenvalue weighted by Gasteiger charge is -2.47. The van der Waals surface area contributed by atoms with Gasteiger partial charge in [0.05, 0.1) is 33.5 Å². The molecular formula is C15H22ClN3O5. The predicted octanol–water partition coefficient (Wildman–Crippen LogP) is 0.647. The Balaban J connectivity index is 0.00000208. The molecule has 9 heteroatoms. The van der Waals surface area contributed by atoms with Gasteiger partial charge in [-0.1, -0.05) is 0 Å². The monoisotopic (exact) mass is 359 g/mol. The smallest absolute Gasteiger partial charge is 0.358 e. The number of hydrogen-bond acceptors (Lipinski definition) is 7. The molecule has 2 aliphatic heterocycles. The summed E-state index contributed by atoms with van der Waals surface area (Å²) in [4.78, 5) is 23.5. The summed E-state index contributed by atoms with van der Waals surface area (Å²) in [7, 11) is 2.57. The largest absolute Gasteiger partial charge is 0.464 e. The van der Waals surface area contributed by atoms with Crippen LogP contribution in [0, 0.1) is 5.41 Å². The molecule has 3 heterocycles. The quantitative estimate of drug-likeness (QED) is 0.789. The van der Waals surface area contributed by atoms with Gasteiger partial charge in [-0.15, -0.1) is 12.4 Å². The fourth-order valence-corrected chi connectivity index (χ4v) is 3.04. The van der Waals surface area contributed by atoms with Crippen molar-refractivity contribution in [2.75, 3.05) is 33.9 Å². The minimum atomic E-state index is -0.585. The van der Waals surface area contributed by atoms with Crippen LogP contribution >= 0.6 is 12.4 Å². The number of carbonyl (C=O) groups excluding carboxylic acids is 2. The third-order valence-corrected chi connectivity index (χ3v) is 4.57. The van der Waals surface area contributed by atoms with Gasteiger partial charge in [0.2, 0.25) is 0 Å². The number of halogens is 1.